The molecule has 0 saturated carbocycles. The van der Waals surface area contributed by atoms with Gasteiger partial charge < -0.3 is 16.2 Å². The number of aromatic amines is 1. The Morgan fingerprint density at radius 3 is 2.97 bits per heavy atom. The summed E-state index contributed by atoms with van der Waals surface area (Å²) in [5.41, 5.74) is 11.4. The van der Waals surface area contributed by atoms with Crippen LogP contribution in [0.4, 0.5) is 17.5 Å². The summed E-state index contributed by atoms with van der Waals surface area (Å²) in [5.74, 6) is -0.141. The Morgan fingerprint density at radius 1 is 1.24 bits per heavy atom. The molecule has 8 nitrogen and oxygen atoms in total. The minimum Gasteiger partial charge on any atom is -0.478 e. The number of hydrogen-bond acceptors (Lipinski definition) is 6. The molecule has 0 aliphatic heterocycles. The number of benzene rings is 2. The van der Waals surface area contributed by atoms with E-state index in [9.17, 15) is 9.90 Å². The number of carboxylic acid groups (broad SMARTS) is 1. The van der Waals surface area contributed by atoms with Crippen LogP contribution in [0.25, 0.3) is 22.6 Å². The molecule has 29 heavy (non-hydrogen) atoms. The fourth-order valence-electron chi connectivity index (χ4n) is 3.71. The largest absolute Gasteiger partial charge is 0.478 e. The van der Waals surface area contributed by atoms with Crippen LogP contribution < -0.4 is 11.1 Å². The van der Waals surface area contributed by atoms with Crippen LogP contribution in [0.2, 0.25) is 0 Å². The highest BCUT2D eigenvalue weighted by Crippen LogP contribution is 2.37. The first kappa shape index (κ1) is 16.9. The van der Waals surface area contributed by atoms with E-state index in [2.05, 4.69) is 25.5 Å². The summed E-state index contributed by atoms with van der Waals surface area (Å²) < 4.78 is 0. The van der Waals surface area contributed by atoms with Crippen molar-refractivity contribution in [1.82, 2.24) is 20.2 Å². The summed E-state index contributed by atoms with van der Waals surface area (Å²) in [6, 6.07) is 11.0. The fraction of sp³-hybridized carbons (Fsp3) is 0.0476. The van der Waals surface area contributed by atoms with Crippen molar-refractivity contribution in [2.75, 3.05) is 11.1 Å². The Labute approximate surface area is 165 Å². The minimum absolute atomic E-state index is 0.190. The number of aromatic carboxylic acids is 1. The van der Waals surface area contributed by atoms with Crippen LogP contribution >= 0.6 is 0 Å². The lowest BCUT2D eigenvalue weighted by Crippen LogP contribution is -2.02. The number of anilines is 3. The lowest BCUT2D eigenvalue weighted by Gasteiger charge is -2.11. The van der Waals surface area contributed by atoms with Gasteiger partial charge in [-0.3, -0.25) is 5.10 Å². The van der Waals surface area contributed by atoms with Crippen LogP contribution in [-0.2, 0) is 6.42 Å². The molecule has 0 amide bonds. The van der Waals surface area contributed by atoms with Gasteiger partial charge in [0.05, 0.1) is 17.3 Å². The first-order chi connectivity index (χ1) is 14.1. The van der Waals surface area contributed by atoms with E-state index in [4.69, 9.17) is 5.73 Å². The molecule has 1 aliphatic carbocycles. The Morgan fingerprint density at radius 2 is 2.14 bits per heavy atom. The average molecular weight is 384 g/mol. The molecule has 0 fully saturated rings. The van der Waals surface area contributed by atoms with E-state index >= 15 is 0 Å². The number of hydrogen-bond donors (Lipinski definition) is 4. The average Bonchev–Trinajstić information content (AvgIpc) is 3.33. The molecule has 0 saturated heterocycles. The van der Waals surface area contributed by atoms with Gasteiger partial charge >= 0.3 is 5.97 Å². The monoisotopic (exact) mass is 384 g/mol. The van der Waals surface area contributed by atoms with Gasteiger partial charge in [0.15, 0.2) is 0 Å². The van der Waals surface area contributed by atoms with E-state index in [1.54, 1.807) is 30.6 Å². The minimum atomic E-state index is -0.917. The van der Waals surface area contributed by atoms with Gasteiger partial charge in [0.1, 0.15) is 5.82 Å². The normalized spacial score (nSPS) is 12.6. The van der Waals surface area contributed by atoms with Gasteiger partial charge in [-0.05, 0) is 47.4 Å². The number of carbonyl (C=O) groups is 1. The van der Waals surface area contributed by atoms with Crippen molar-refractivity contribution in [3.05, 3.63) is 71.0 Å². The number of nitrogens with two attached hydrogens (primary N) is 1. The van der Waals surface area contributed by atoms with Crippen LogP contribution in [0.1, 0.15) is 27.0 Å². The van der Waals surface area contributed by atoms with Crippen molar-refractivity contribution >= 4 is 46.0 Å². The number of nitrogens with one attached hydrogen (secondary N) is 2. The summed E-state index contributed by atoms with van der Waals surface area (Å²) >= 11 is 0. The molecule has 8 heteroatoms. The number of carboxylic acids is 1. The van der Waals surface area contributed by atoms with Gasteiger partial charge in [0.2, 0.25) is 5.95 Å². The zero-order valence-corrected chi connectivity index (χ0v) is 15.2. The SMILES string of the molecule is Nc1nccc(Nc2cc(C3=Cc4cccc(C(=O)O)c4C3)c3[nH]ncc3c2)n1. The molecule has 5 rings (SSSR count). The molecule has 0 atom stereocenters. The van der Waals surface area contributed by atoms with Gasteiger partial charge in [-0.1, -0.05) is 18.2 Å². The number of H-pyrrole nitrogens is 1. The molecule has 0 radical (unpaired) electrons. The number of nitrogens with zero attached hydrogens (tertiary/aromatic N) is 3. The highest BCUT2D eigenvalue weighted by Gasteiger charge is 2.22. The second kappa shape index (κ2) is 6.45. The van der Waals surface area contributed by atoms with Crippen molar-refractivity contribution in [3.63, 3.8) is 0 Å². The molecule has 1 aliphatic rings. The summed E-state index contributed by atoms with van der Waals surface area (Å²) in [4.78, 5) is 19.7. The lowest BCUT2D eigenvalue weighted by atomic mass is 9.98. The van der Waals surface area contributed by atoms with Crippen molar-refractivity contribution in [3.8, 4) is 0 Å². The van der Waals surface area contributed by atoms with E-state index in [1.807, 2.05) is 24.3 Å². The Balaban J connectivity index is 1.58. The summed E-state index contributed by atoms with van der Waals surface area (Å²) in [6.07, 6.45) is 5.91. The molecule has 2 heterocycles. The first-order valence-electron chi connectivity index (χ1n) is 8.97. The third-order valence-corrected chi connectivity index (χ3v) is 4.98. The molecule has 142 valence electrons. The van der Waals surface area contributed by atoms with E-state index < -0.39 is 5.97 Å². The maximum Gasteiger partial charge on any atom is 0.335 e. The molecule has 4 aromatic rings. The Bertz CT molecular complexity index is 1310. The van der Waals surface area contributed by atoms with Crippen LogP contribution in [0.5, 0.6) is 0 Å². The standard InChI is InChI=1S/C21H16N6O2/c22-21-23-5-4-18(26-21)25-14-7-13-10-24-27-19(13)17(9-14)12-6-11-2-1-3-15(20(28)29)16(11)8-12/h1-7,9-10H,8H2,(H,24,27)(H,28,29)(H3,22,23,25,26). The lowest BCUT2D eigenvalue weighted by molar-refractivity contribution is 0.0696. The van der Waals surface area contributed by atoms with E-state index in [-0.39, 0.29) is 5.95 Å². The van der Waals surface area contributed by atoms with Gasteiger partial charge in [-0.15, -0.1) is 0 Å². The van der Waals surface area contributed by atoms with Crippen molar-refractivity contribution < 1.29 is 9.90 Å². The second-order valence-electron chi connectivity index (χ2n) is 6.81. The molecule has 0 unspecified atom stereocenters. The van der Waals surface area contributed by atoms with E-state index in [0.717, 1.165) is 38.9 Å². The third-order valence-electron chi connectivity index (χ3n) is 4.98. The van der Waals surface area contributed by atoms with Gasteiger partial charge in [-0.2, -0.15) is 10.1 Å². The smallest absolute Gasteiger partial charge is 0.335 e. The molecular weight excluding hydrogens is 368 g/mol. The molecular formula is C21H16N6O2. The molecule has 2 aromatic carbocycles. The fourth-order valence-corrected chi connectivity index (χ4v) is 3.71. The van der Waals surface area contributed by atoms with Gasteiger partial charge in [-0.25, -0.2) is 9.78 Å². The summed E-state index contributed by atoms with van der Waals surface area (Å²) in [5, 5.41) is 20.9. The highest BCUT2D eigenvalue weighted by atomic mass is 16.4. The van der Waals surface area contributed by atoms with Crippen LogP contribution in [0, 0.1) is 0 Å². The van der Waals surface area contributed by atoms with Gasteiger partial charge in [0.25, 0.3) is 0 Å². The quantitative estimate of drug-likeness (QED) is 0.424. The predicted octanol–water partition coefficient (Wildman–Crippen LogP) is 3.47. The molecule has 2 aromatic heterocycles. The Hall–Kier alpha value is -4.20. The maximum atomic E-state index is 11.6. The zero-order valence-electron chi connectivity index (χ0n) is 15.2. The maximum absolute atomic E-state index is 11.6. The van der Waals surface area contributed by atoms with Crippen molar-refractivity contribution in [2.45, 2.75) is 6.42 Å². The summed E-state index contributed by atoms with van der Waals surface area (Å²) in [6.45, 7) is 0. The third kappa shape index (κ3) is 2.96. The second-order valence-corrected chi connectivity index (χ2v) is 6.81. The molecule has 5 N–H and O–H groups in total. The van der Waals surface area contributed by atoms with E-state index in [0.29, 0.717) is 17.8 Å². The van der Waals surface area contributed by atoms with Crippen molar-refractivity contribution in [1.29, 1.82) is 0 Å². The van der Waals surface area contributed by atoms with Crippen LogP contribution in [0.15, 0.2) is 48.8 Å². The van der Waals surface area contributed by atoms with Crippen molar-refractivity contribution in [2.24, 2.45) is 0 Å². The Kier molecular flexibility index (Phi) is 3.77. The zero-order chi connectivity index (χ0) is 20.0. The number of fused-ring (bicyclic) bond motifs is 2. The predicted molar refractivity (Wildman–Crippen MR) is 111 cm³/mol. The number of allylic oxidation sites excluding steroid dienone is 1. The van der Waals surface area contributed by atoms with E-state index in [1.165, 1.54) is 0 Å². The first-order valence-corrected chi connectivity index (χ1v) is 8.97. The number of aromatic nitrogens is 4. The molecule has 0 spiro atoms. The summed E-state index contributed by atoms with van der Waals surface area (Å²) in [7, 11) is 0. The van der Waals surface area contributed by atoms with Crippen LogP contribution in [-0.4, -0.2) is 31.2 Å². The topological polar surface area (TPSA) is 130 Å². The van der Waals surface area contributed by atoms with Crippen LogP contribution in [0.3, 0.4) is 0 Å². The molecule has 0 bridgehead atoms. The van der Waals surface area contributed by atoms with Gasteiger partial charge in [0, 0.05) is 22.8 Å². The number of rotatable bonds is 4. The number of nitrogen functional groups attached to an aromatic ring is 1. The highest BCUT2D eigenvalue weighted by molar-refractivity contribution is 6.02.